The zero-order valence-corrected chi connectivity index (χ0v) is 12.2. The Labute approximate surface area is 122 Å². The Morgan fingerprint density at radius 3 is 2.52 bits per heavy atom. The second kappa shape index (κ2) is 5.92. The van der Waals surface area contributed by atoms with Crippen LogP contribution in [0, 0.1) is 17.6 Å². The summed E-state index contributed by atoms with van der Waals surface area (Å²) in [4.78, 5) is 22.5. The molecule has 2 atom stereocenters. The molecule has 0 bridgehead atoms. The van der Waals surface area contributed by atoms with Gasteiger partial charge in [-0.15, -0.1) is 0 Å². The Hall–Kier alpha value is -1.78. The number of carbonyl (C=O) groups is 2. The number of Topliss-reactive ketones (excluding diaryl/α,β-unsaturated/α-hetero) is 1. The Morgan fingerprint density at radius 2 is 2.00 bits per heavy atom. The van der Waals surface area contributed by atoms with Crippen molar-refractivity contribution in [2.45, 2.75) is 38.5 Å². The number of benzene rings is 1. The van der Waals surface area contributed by atoms with E-state index < -0.39 is 17.0 Å². The maximum atomic E-state index is 13.9. The highest BCUT2D eigenvalue weighted by atomic mass is 19.1. The van der Waals surface area contributed by atoms with E-state index in [1.54, 1.807) is 0 Å². The lowest BCUT2D eigenvalue weighted by Gasteiger charge is -2.19. The van der Waals surface area contributed by atoms with Crippen molar-refractivity contribution in [3.05, 3.63) is 35.4 Å². The van der Waals surface area contributed by atoms with Crippen LogP contribution in [0.3, 0.4) is 0 Å². The van der Waals surface area contributed by atoms with E-state index in [-0.39, 0.29) is 30.4 Å². The molecule has 1 aromatic rings. The molecule has 1 saturated carbocycles. The number of hydrogen-bond acceptors (Lipinski definition) is 2. The van der Waals surface area contributed by atoms with Gasteiger partial charge < -0.3 is 10.1 Å². The molecule has 21 heavy (non-hydrogen) atoms. The number of amides is 1. The maximum Gasteiger partial charge on any atom is 0.220 e. The van der Waals surface area contributed by atoms with Crippen molar-refractivity contribution in [3.8, 4) is 0 Å². The number of rotatable bonds is 6. The first-order valence-electron chi connectivity index (χ1n) is 7.07. The van der Waals surface area contributed by atoms with Crippen LogP contribution in [0.2, 0.25) is 0 Å². The first-order valence-corrected chi connectivity index (χ1v) is 7.07. The molecule has 0 saturated heterocycles. The van der Waals surface area contributed by atoms with Crippen molar-refractivity contribution in [1.82, 2.24) is 5.32 Å². The lowest BCUT2D eigenvalue weighted by Crippen LogP contribution is -2.33. The van der Waals surface area contributed by atoms with Gasteiger partial charge in [-0.3, -0.25) is 4.79 Å². The average molecular weight is 295 g/mol. The van der Waals surface area contributed by atoms with Gasteiger partial charge in [-0.05, 0) is 30.9 Å². The minimum Gasteiger partial charge on any atom is -0.355 e. The topological polar surface area (TPSA) is 46.2 Å². The molecule has 114 valence electrons. The van der Waals surface area contributed by atoms with Crippen molar-refractivity contribution in [1.29, 1.82) is 0 Å². The van der Waals surface area contributed by atoms with Gasteiger partial charge in [-0.1, -0.05) is 13.0 Å². The van der Waals surface area contributed by atoms with Crippen LogP contribution in [0.1, 0.15) is 38.7 Å². The summed E-state index contributed by atoms with van der Waals surface area (Å²) in [6, 6.07) is 3.57. The molecular weight excluding hydrogens is 276 g/mol. The van der Waals surface area contributed by atoms with E-state index in [4.69, 9.17) is 0 Å². The normalized spacial score (nSPS) is 23.7. The Morgan fingerprint density at radius 1 is 1.33 bits per heavy atom. The molecule has 1 aliphatic carbocycles. The molecule has 0 aliphatic heterocycles. The van der Waals surface area contributed by atoms with Crippen molar-refractivity contribution < 1.29 is 18.4 Å². The van der Waals surface area contributed by atoms with Gasteiger partial charge in [0.15, 0.2) is 0 Å². The monoisotopic (exact) mass is 295 g/mol. The van der Waals surface area contributed by atoms with Gasteiger partial charge in [-0.2, -0.15) is 0 Å². The Kier molecular flexibility index (Phi) is 4.40. The summed E-state index contributed by atoms with van der Waals surface area (Å²) in [5.41, 5.74) is -0.00723. The second-order valence-electron chi connectivity index (χ2n) is 5.86. The van der Waals surface area contributed by atoms with E-state index in [0.717, 1.165) is 12.5 Å². The third kappa shape index (κ3) is 3.46. The molecule has 1 aliphatic rings. The predicted molar refractivity (Wildman–Crippen MR) is 74.7 cm³/mol. The zero-order chi connectivity index (χ0) is 15.6. The number of nitrogens with one attached hydrogen (secondary N) is 1. The molecule has 1 amide bonds. The molecule has 0 heterocycles. The van der Waals surface area contributed by atoms with E-state index in [2.05, 4.69) is 5.32 Å². The minimum atomic E-state index is -0.606. The highest BCUT2D eigenvalue weighted by molar-refractivity contribution is 5.83. The molecule has 1 N–H and O–H groups in total. The molecule has 1 fully saturated rings. The van der Waals surface area contributed by atoms with Crippen LogP contribution in [-0.2, 0) is 15.0 Å². The maximum absolute atomic E-state index is 13.9. The van der Waals surface area contributed by atoms with Gasteiger partial charge in [0, 0.05) is 30.9 Å². The molecule has 0 radical (unpaired) electrons. The van der Waals surface area contributed by atoms with Gasteiger partial charge in [0.25, 0.3) is 0 Å². The fraction of sp³-hybridized carbons (Fsp3) is 0.500. The van der Waals surface area contributed by atoms with Gasteiger partial charge in [0.05, 0.1) is 0 Å². The van der Waals surface area contributed by atoms with E-state index in [1.165, 1.54) is 19.1 Å². The van der Waals surface area contributed by atoms with Crippen LogP contribution in [0.5, 0.6) is 0 Å². The minimum absolute atomic E-state index is 0.0377. The number of carbonyl (C=O) groups excluding carboxylic acids is 2. The highest BCUT2D eigenvalue weighted by Gasteiger charge is 2.53. The van der Waals surface area contributed by atoms with E-state index >= 15 is 0 Å². The molecular formula is C16H19F2NO2. The lowest BCUT2D eigenvalue weighted by molar-refractivity contribution is -0.124. The summed E-state index contributed by atoms with van der Waals surface area (Å²) in [7, 11) is 0. The van der Waals surface area contributed by atoms with E-state index in [1.807, 2.05) is 6.92 Å². The van der Waals surface area contributed by atoms with Crippen LogP contribution >= 0.6 is 0 Å². The van der Waals surface area contributed by atoms with Crippen LogP contribution in [-0.4, -0.2) is 18.2 Å². The van der Waals surface area contributed by atoms with Gasteiger partial charge >= 0.3 is 0 Å². The van der Waals surface area contributed by atoms with Crippen LogP contribution in [0.4, 0.5) is 8.78 Å². The Bertz CT molecular complexity index is 573. The summed E-state index contributed by atoms with van der Waals surface area (Å²) in [6.45, 7) is 3.73. The number of halogens is 2. The molecule has 2 unspecified atom stereocenters. The zero-order valence-electron chi connectivity index (χ0n) is 12.2. The smallest absolute Gasteiger partial charge is 0.220 e. The van der Waals surface area contributed by atoms with Crippen molar-refractivity contribution in [2.75, 3.05) is 6.54 Å². The Balaban J connectivity index is 2.02. The molecule has 0 spiro atoms. The number of ketones is 1. The summed E-state index contributed by atoms with van der Waals surface area (Å²) in [5.74, 6) is -1.21. The molecule has 2 rings (SSSR count). The van der Waals surface area contributed by atoms with Crippen LogP contribution in [0.15, 0.2) is 18.2 Å². The summed E-state index contributed by atoms with van der Waals surface area (Å²) < 4.78 is 26.9. The third-order valence-corrected chi connectivity index (χ3v) is 4.23. The van der Waals surface area contributed by atoms with Crippen LogP contribution < -0.4 is 5.32 Å². The quantitative estimate of drug-likeness (QED) is 0.877. The van der Waals surface area contributed by atoms with Crippen LogP contribution in [0.25, 0.3) is 0 Å². The molecule has 0 aromatic heterocycles. The average Bonchev–Trinajstić information content (AvgIpc) is 3.05. The van der Waals surface area contributed by atoms with Crippen molar-refractivity contribution >= 4 is 11.7 Å². The largest absolute Gasteiger partial charge is 0.355 e. The SMILES string of the molecule is CC(=O)CCC(=O)NCC1(c2ccc(F)cc2F)CC1C. The lowest BCUT2D eigenvalue weighted by atomic mass is 9.92. The predicted octanol–water partition coefficient (Wildman–Crippen LogP) is 2.73. The molecule has 1 aromatic carbocycles. The fourth-order valence-corrected chi connectivity index (χ4v) is 2.73. The molecule has 5 heteroatoms. The van der Waals surface area contributed by atoms with Crippen molar-refractivity contribution in [3.63, 3.8) is 0 Å². The van der Waals surface area contributed by atoms with Gasteiger partial charge in [0.1, 0.15) is 17.4 Å². The fourth-order valence-electron chi connectivity index (χ4n) is 2.73. The van der Waals surface area contributed by atoms with E-state index in [9.17, 15) is 18.4 Å². The first-order chi connectivity index (χ1) is 9.85. The van der Waals surface area contributed by atoms with Crippen molar-refractivity contribution in [2.24, 2.45) is 5.92 Å². The molecule has 3 nitrogen and oxygen atoms in total. The standard InChI is InChI=1S/C16H19F2NO2/c1-10-8-16(10,9-19-15(21)6-3-11(2)20)13-5-4-12(17)7-14(13)18/h4-5,7,10H,3,6,8-9H2,1-2H3,(H,19,21). The summed E-state index contributed by atoms with van der Waals surface area (Å²) in [5, 5.41) is 2.76. The first kappa shape index (κ1) is 15.6. The number of hydrogen-bond donors (Lipinski definition) is 1. The van der Waals surface area contributed by atoms with Gasteiger partial charge in [0.2, 0.25) is 5.91 Å². The summed E-state index contributed by atoms with van der Waals surface area (Å²) in [6.07, 6.45) is 1.10. The highest BCUT2D eigenvalue weighted by Crippen LogP contribution is 2.54. The summed E-state index contributed by atoms with van der Waals surface area (Å²) >= 11 is 0. The van der Waals surface area contributed by atoms with Gasteiger partial charge in [-0.25, -0.2) is 8.78 Å². The van der Waals surface area contributed by atoms with E-state index in [0.29, 0.717) is 12.1 Å². The third-order valence-electron chi connectivity index (χ3n) is 4.23. The second-order valence-corrected chi connectivity index (χ2v) is 5.86.